The van der Waals surface area contributed by atoms with Gasteiger partial charge in [0.05, 0.1) is 23.6 Å². The first-order valence-electron chi connectivity index (χ1n) is 12.1. The van der Waals surface area contributed by atoms with E-state index in [1.807, 2.05) is 60.7 Å². The Labute approximate surface area is 218 Å². The topological polar surface area (TPSA) is 65.1 Å². The monoisotopic (exact) mass is 513 g/mol. The first-order valence-corrected chi connectivity index (χ1v) is 13.8. The number of aromatic amines is 1. The number of nitrogens with zero attached hydrogens (tertiary/aromatic N) is 4. The summed E-state index contributed by atoms with van der Waals surface area (Å²) in [6.45, 7) is 2.18. The van der Waals surface area contributed by atoms with Gasteiger partial charge in [-0.05, 0) is 53.8 Å². The number of benzene rings is 2. The molecule has 0 aliphatic carbocycles. The van der Waals surface area contributed by atoms with Gasteiger partial charge in [-0.3, -0.25) is 14.7 Å². The van der Waals surface area contributed by atoms with E-state index in [1.54, 1.807) is 23.1 Å². The molecule has 1 fully saturated rings. The molecule has 4 heterocycles. The second kappa shape index (κ2) is 10.0. The SMILES string of the molecule is CN(Cc1cc2ccccc2s1)C(=O)[C@@H]1C[C@@H](Sc2nc3ccccc3[nH]2)CN1Cc1ccncc1. The van der Waals surface area contributed by atoms with E-state index in [9.17, 15) is 4.79 Å². The quantitative estimate of drug-likeness (QED) is 0.308. The zero-order valence-corrected chi connectivity index (χ0v) is 21.6. The van der Waals surface area contributed by atoms with Gasteiger partial charge in [-0.2, -0.15) is 0 Å². The van der Waals surface area contributed by atoms with Gasteiger partial charge in [-0.25, -0.2) is 4.98 Å². The Kier molecular flexibility index (Phi) is 6.48. The van der Waals surface area contributed by atoms with Crippen molar-refractivity contribution in [1.29, 1.82) is 0 Å². The van der Waals surface area contributed by atoms with Gasteiger partial charge in [0.2, 0.25) is 5.91 Å². The highest BCUT2D eigenvalue weighted by molar-refractivity contribution is 7.99. The molecule has 1 saturated heterocycles. The summed E-state index contributed by atoms with van der Waals surface area (Å²) in [6, 6.07) is 22.6. The highest BCUT2D eigenvalue weighted by Gasteiger charge is 2.39. The van der Waals surface area contributed by atoms with E-state index in [2.05, 4.69) is 45.2 Å². The molecule has 1 aliphatic rings. The highest BCUT2D eigenvalue weighted by atomic mass is 32.2. The Hall–Kier alpha value is -3.20. The number of likely N-dealkylation sites (tertiary alicyclic amines) is 1. The number of fused-ring (bicyclic) bond motifs is 2. The van der Waals surface area contributed by atoms with Gasteiger partial charge in [0, 0.05) is 47.4 Å². The summed E-state index contributed by atoms with van der Waals surface area (Å²) >= 11 is 3.50. The molecule has 5 aromatic rings. The zero-order chi connectivity index (χ0) is 24.5. The van der Waals surface area contributed by atoms with E-state index < -0.39 is 0 Å². The van der Waals surface area contributed by atoms with Gasteiger partial charge >= 0.3 is 0 Å². The Bertz CT molecular complexity index is 1430. The maximum atomic E-state index is 13.7. The number of rotatable bonds is 7. The fraction of sp³-hybridized carbons (Fsp3) is 0.250. The van der Waals surface area contributed by atoms with Gasteiger partial charge in [-0.15, -0.1) is 11.3 Å². The van der Waals surface area contributed by atoms with Gasteiger partial charge in [-0.1, -0.05) is 42.1 Å². The molecule has 1 N–H and O–H groups in total. The predicted molar refractivity (Wildman–Crippen MR) is 147 cm³/mol. The molecule has 0 spiro atoms. The minimum atomic E-state index is -0.167. The van der Waals surface area contributed by atoms with Crippen molar-refractivity contribution in [3.63, 3.8) is 0 Å². The van der Waals surface area contributed by atoms with Crippen LogP contribution in [0.1, 0.15) is 16.9 Å². The number of para-hydroxylation sites is 2. The van der Waals surface area contributed by atoms with Crippen LogP contribution in [0.15, 0.2) is 84.3 Å². The molecular weight excluding hydrogens is 486 g/mol. The van der Waals surface area contributed by atoms with Crippen LogP contribution in [0, 0.1) is 0 Å². The minimum Gasteiger partial charge on any atom is -0.339 e. The number of thioether (sulfide) groups is 1. The van der Waals surface area contributed by atoms with Crippen LogP contribution in [0.2, 0.25) is 0 Å². The third-order valence-corrected chi connectivity index (χ3v) is 8.87. The predicted octanol–water partition coefficient (Wildman–Crippen LogP) is 5.57. The number of pyridine rings is 1. The normalized spacial score (nSPS) is 18.2. The third-order valence-electron chi connectivity index (χ3n) is 6.68. The average Bonchev–Trinajstić information content (AvgIpc) is 3.60. The number of carbonyl (C=O) groups excluding carboxylic acids is 1. The zero-order valence-electron chi connectivity index (χ0n) is 20.0. The van der Waals surface area contributed by atoms with Crippen LogP contribution in [0.3, 0.4) is 0 Å². The number of hydrogen-bond acceptors (Lipinski definition) is 6. The Morgan fingerprint density at radius 3 is 2.78 bits per heavy atom. The van der Waals surface area contributed by atoms with Crippen LogP contribution in [-0.2, 0) is 17.9 Å². The molecule has 6 rings (SSSR count). The Balaban J connectivity index is 1.20. The summed E-state index contributed by atoms with van der Waals surface area (Å²) in [5.41, 5.74) is 3.19. The van der Waals surface area contributed by atoms with Crippen molar-refractivity contribution in [1.82, 2.24) is 24.8 Å². The summed E-state index contributed by atoms with van der Waals surface area (Å²) < 4.78 is 1.26. The van der Waals surface area contributed by atoms with E-state index in [4.69, 9.17) is 4.98 Å². The van der Waals surface area contributed by atoms with Gasteiger partial charge in [0.15, 0.2) is 5.16 Å². The number of likely N-dealkylation sites (N-methyl/N-ethyl adjacent to an activating group) is 1. The third kappa shape index (κ3) is 4.89. The van der Waals surface area contributed by atoms with E-state index in [-0.39, 0.29) is 17.2 Å². The van der Waals surface area contributed by atoms with E-state index in [1.165, 1.54) is 20.5 Å². The van der Waals surface area contributed by atoms with Crippen LogP contribution in [0.4, 0.5) is 0 Å². The number of imidazole rings is 1. The summed E-state index contributed by atoms with van der Waals surface area (Å²) in [4.78, 5) is 31.5. The van der Waals surface area contributed by atoms with Crippen molar-refractivity contribution in [3.05, 3.63) is 89.6 Å². The van der Waals surface area contributed by atoms with Crippen molar-refractivity contribution in [2.75, 3.05) is 13.6 Å². The lowest BCUT2D eigenvalue weighted by molar-refractivity contribution is -0.135. The molecule has 3 aromatic heterocycles. The first-order chi connectivity index (χ1) is 17.6. The number of H-pyrrole nitrogens is 1. The minimum absolute atomic E-state index is 0.167. The van der Waals surface area contributed by atoms with Gasteiger partial charge < -0.3 is 9.88 Å². The second-order valence-electron chi connectivity index (χ2n) is 9.28. The van der Waals surface area contributed by atoms with Crippen molar-refractivity contribution in [2.45, 2.75) is 36.0 Å². The van der Waals surface area contributed by atoms with Crippen LogP contribution in [0.5, 0.6) is 0 Å². The van der Waals surface area contributed by atoms with Crippen molar-refractivity contribution in [3.8, 4) is 0 Å². The molecule has 8 heteroatoms. The maximum Gasteiger partial charge on any atom is 0.240 e. The molecule has 1 aliphatic heterocycles. The molecule has 0 unspecified atom stereocenters. The lowest BCUT2D eigenvalue weighted by Crippen LogP contribution is -2.43. The molecule has 1 amide bonds. The lowest BCUT2D eigenvalue weighted by Gasteiger charge is -2.27. The Morgan fingerprint density at radius 2 is 1.94 bits per heavy atom. The summed E-state index contributed by atoms with van der Waals surface area (Å²) in [7, 11) is 1.93. The van der Waals surface area contributed by atoms with E-state index in [0.717, 1.165) is 35.7 Å². The molecular formula is C28H27N5OS2. The second-order valence-corrected chi connectivity index (χ2v) is 11.7. The van der Waals surface area contributed by atoms with Crippen LogP contribution in [-0.4, -0.2) is 55.5 Å². The first kappa shape index (κ1) is 23.2. The smallest absolute Gasteiger partial charge is 0.240 e. The van der Waals surface area contributed by atoms with Gasteiger partial charge in [0.1, 0.15) is 0 Å². The number of amides is 1. The van der Waals surface area contributed by atoms with Crippen molar-refractivity contribution in [2.24, 2.45) is 0 Å². The molecule has 0 radical (unpaired) electrons. The van der Waals surface area contributed by atoms with E-state index >= 15 is 0 Å². The van der Waals surface area contributed by atoms with Crippen LogP contribution < -0.4 is 0 Å². The molecule has 2 atom stereocenters. The van der Waals surface area contributed by atoms with Crippen LogP contribution in [0.25, 0.3) is 21.1 Å². The summed E-state index contributed by atoms with van der Waals surface area (Å²) in [6.07, 6.45) is 4.43. The fourth-order valence-corrected chi connectivity index (χ4v) is 7.22. The molecule has 182 valence electrons. The number of thiophene rings is 1. The fourth-order valence-electron chi connectivity index (χ4n) is 4.93. The maximum absolute atomic E-state index is 13.7. The molecule has 36 heavy (non-hydrogen) atoms. The molecule has 6 nitrogen and oxygen atoms in total. The van der Waals surface area contributed by atoms with E-state index in [0.29, 0.717) is 6.54 Å². The van der Waals surface area contributed by atoms with Gasteiger partial charge in [0.25, 0.3) is 0 Å². The van der Waals surface area contributed by atoms with Crippen molar-refractivity contribution < 1.29 is 4.79 Å². The summed E-state index contributed by atoms with van der Waals surface area (Å²) in [5, 5.41) is 2.43. The van der Waals surface area contributed by atoms with Crippen molar-refractivity contribution >= 4 is 50.1 Å². The number of carbonyl (C=O) groups is 1. The Morgan fingerprint density at radius 1 is 1.14 bits per heavy atom. The largest absolute Gasteiger partial charge is 0.339 e. The number of nitrogens with one attached hydrogen (secondary N) is 1. The lowest BCUT2D eigenvalue weighted by atomic mass is 10.1. The standard InChI is InChI=1S/C28H27N5OS2/c1-32(17-21-14-20-6-2-5-9-26(20)35-21)27(34)25-15-22(18-33(25)16-19-10-12-29-13-11-19)36-28-30-23-7-3-4-8-24(23)31-28/h2-14,22,25H,15-18H2,1H3,(H,30,31)/t22-,25+/m1/s1. The molecule has 0 bridgehead atoms. The molecule has 0 saturated carbocycles. The number of hydrogen-bond donors (Lipinski definition) is 1. The van der Waals surface area contributed by atoms with Crippen LogP contribution >= 0.6 is 23.1 Å². The highest BCUT2D eigenvalue weighted by Crippen LogP contribution is 2.34. The molecule has 2 aromatic carbocycles. The average molecular weight is 514 g/mol. The number of aromatic nitrogens is 3. The summed E-state index contributed by atoms with van der Waals surface area (Å²) in [5.74, 6) is 0.175.